The van der Waals surface area contributed by atoms with Crippen molar-refractivity contribution in [3.63, 3.8) is 0 Å². The second kappa shape index (κ2) is 8.97. The molecule has 0 saturated carbocycles. The molecular weight excluding hydrogens is 388 g/mol. The first-order valence-electron chi connectivity index (χ1n) is 9.92. The van der Waals surface area contributed by atoms with Crippen LogP contribution in [0.2, 0.25) is 0 Å². The molecule has 1 aliphatic heterocycles. The summed E-state index contributed by atoms with van der Waals surface area (Å²) in [5.41, 5.74) is 1.98. The molecule has 2 aromatic carbocycles. The fraction of sp³-hybridized carbons (Fsp3) is 0.409. The summed E-state index contributed by atoms with van der Waals surface area (Å²) in [5.74, 6) is 0.477. The van der Waals surface area contributed by atoms with E-state index in [0.29, 0.717) is 36.0 Å². The lowest BCUT2D eigenvalue weighted by Crippen LogP contribution is -2.35. The van der Waals surface area contributed by atoms with Crippen LogP contribution in [0.4, 0.5) is 5.69 Å². The number of rotatable bonds is 6. The highest BCUT2D eigenvalue weighted by molar-refractivity contribution is 7.89. The minimum Gasteiger partial charge on any atom is -0.495 e. The largest absolute Gasteiger partial charge is 0.495 e. The van der Waals surface area contributed by atoms with Crippen LogP contribution >= 0.6 is 0 Å². The van der Waals surface area contributed by atoms with Gasteiger partial charge in [0.25, 0.3) is 5.91 Å². The summed E-state index contributed by atoms with van der Waals surface area (Å²) in [4.78, 5) is 12.9. The number of nitrogens with one attached hydrogen (secondary N) is 1. The van der Waals surface area contributed by atoms with Crippen molar-refractivity contribution in [2.45, 2.75) is 43.9 Å². The molecule has 0 aliphatic carbocycles. The Labute approximate surface area is 172 Å². The van der Waals surface area contributed by atoms with Gasteiger partial charge >= 0.3 is 0 Å². The van der Waals surface area contributed by atoms with Crippen LogP contribution in [0.15, 0.2) is 47.4 Å². The molecule has 0 aromatic heterocycles. The van der Waals surface area contributed by atoms with Gasteiger partial charge in [0, 0.05) is 18.7 Å². The lowest BCUT2D eigenvalue weighted by molar-refractivity contribution is 0.102. The maximum absolute atomic E-state index is 13.0. The van der Waals surface area contributed by atoms with E-state index < -0.39 is 10.0 Å². The molecule has 1 aliphatic rings. The molecule has 7 heteroatoms. The number of amides is 1. The first kappa shape index (κ1) is 21.3. The van der Waals surface area contributed by atoms with E-state index in [-0.39, 0.29) is 10.8 Å². The number of methoxy groups -OCH3 is 1. The van der Waals surface area contributed by atoms with Gasteiger partial charge in [0.2, 0.25) is 10.0 Å². The van der Waals surface area contributed by atoms with Gasteiger partial charge in [-0.15, -0.1) is 0 Å². The summed E-state index contributed by atoms with van der Waals surface area (Å²) in [6.45, 7) is 5.24. The van der Waals surface area contributed by atoms with Gasteiger partial charge in [0.1, 0.15) is 5.75 Å². The molecule has 156 valence electrons. The second-order valence-electron chi connectivity index (χ2n) is 7.56. The SMILES string of the molecule is COc1ccc(S(=O)(=O)N2CCCCC2)cc1NC(=O)c1ccc(C(C)C)cc1. The highest BCUT2D eigenvalue weighted by atomic mass is 32.2. The summed E-state index contributed by atoms with van der Waals surface area (Å²) in [7, 11) is -2.11. The van der Waals surface area contributed by atoms with Crippen LogP contribution in [0.5, 0.6) is 5.75 Å². The zero-order valence-electron chi connectivity index (χ0n) is 17.1. The zero-order chi connectivity index (χ0) is 21.0. The number of piperidine rings is 1. The van der Waals surface area contributed by atoms with Gasteiger partial charge in [0.05, 0.1) is 17.7 Å². The predicted octanol–water partition coefficient (Wildman–Crippen LogP) is 4.25. The quantitative estimate of drug-likeness (QED) is 0.764. The van der Waals surface area contributed by atoms with E-state index in [0.717, 1.165) is 24.8 Å². The molecule has 3 rings (SSSR count). The zero-order valence-corrected chi connectivity index (χ0v) is 18.0. The number of benzene rings is 2. The summed E-state index contributed by atoms with van der Waals surface area (Å²) in [5, 5.41) is 2.79. The van der Waals surface area contributed by atoms with Gasteiger partial charge in [-0.25, -0.2) is 8.42 Å². The van der Waals surface area contributed by atoms with Crippen molar-refractivity contribution in [2.75, 3.05) is 25.5 Å². The van der Waals surface area contributed by atoms with Crippen LogP contribution in [0.3, 0.4) is 0 Å². The average molecular weight is 417 g/mol. The smallest absolute Gasteiger partial charge is 0.255 e. The first-order valence-corrected chi connectivity index (χ1v) is 11.4. The van der Waals surface area contributed by atoms with Crippen molar-refractivity contribution in [1.29, 1.82) is 0 Å². The normalized spacial score (nSPS) is 15.3. The Morgan fingerprint density at radius 1 is 1.03 bits per heavy atom. The molecule has 0 bridgehead atoms. The third-order valence-corrected chi connectivity index (χ3v) is 7.11. The minimum atomic E-state index is -3.60. The van der Waals surface area contributed by atoms with Crippen LogP contribution in [-0.2, 0) is 10.0 Å². The maximum Gasteiger partial charge on any atom is 0.255 e. The van der Waals surface area contributed by atoms with Gasteiger partial charge in [-0.2, -0.15) is 4.31 Å². The Morgan fingerprint density at radius 3 is 2.28 bits per heavy atom. The molecular formula is C22H28N2O4S. The molecule has 0 radical (unpaired) electrons. The van der Waals surface area contributed by atoms with Gasteiger partial charge in [-0.05, 0) is 54.7 Å². The maximum atomic E-state index is 13.0. The summed E-state index contributed by atoms with van der Waals surface area (Å²) < 4.78 is 32.8. The predicted molar refractivity (Wildman–Crippen MR) is 114 cm³/mol. The van der Waals surface area contributed by atoms with E-state index in [1.165, 1.54) is 23.5 Å². The highest BCUT2D eigenvalue weighted by Gasteiger charge is 2.27. The summed E-state index contributed by atoms with van der Waals surface area (Å²) >= 11 is 0. The monoisotopic (exact) mass is 416 g/mol. The Hall–Kier alpha value is -2.38. The molecule has 1 heterocycles. The number of carbonyl (C=O) groups excluding carboxylic acids is 1. The molecule has 2 aromatic rings. The molecule has 6 nitrogen and oxygen atoms in total. The van der Waals surface area contributed by atoms with Crippen LogP contribution < -0.4 is 10.1 Å². The number of ether oxygens (including phenoxy) is 1. The number of anilines is 1. The molecule has 0 unspecified atom stereocenters. The Balaban J connectivity index is 1.86. The number of carbonyl (C=O) groups is 1. The average Bonchev–Trinajstić information content (AvgIpc) is 2.74. The van der Waals surface area contributed by atoms with E-state index in [1.807, 2.05) is 12.1 Å². The van der Waals surface area contributed by atoms with Crippen LogP contribution in [0.25, 0.3) is 0 Å². The van der Waals surface area contributed by atoms with Crippen molar-refractivity contribution >= 4 is 21.6 Å². The van der Waals surface area contributed by atoms with E-state index in [4.69, 9.17) is 4.74 Å². The van der Waals surface area contributed by atoms with Crippen molar-refractivity contribution in [1.82, 2.24) is 4.31 Å². The molecule has 29 heavy (non-hydrogen) atoms. The fourth-order valence-corrected chi connectivity index (χ4v) is 4.96. The fourth-order valence-electron chi connectivity index (χ4n) is 3.41. The van der Waals surface area contributed by atoms with Crippen LogP contribution in [0, 0.1) is 0 Å². The third kappa shape index (κ3) is 4.79. The highest BCUT2D eigenvalue weighted by Crippen LogP contribution is 2.30. The number of hydrogen-bond acceptors (Lipinski definition) is 4. The molecule has 1 amide bonds. The third-order valence-electron chi connectivity index (χ3n) is 5.21. The Morgan fingerprint density at radius 2 is 1.69 bits per heavy atom. The van der Waals surface area contributed by atoms with Crippen molar-refractivity contribution in [2.24, 2.45) is 0 Å². The van der Waals surface area contributed by atoms with E-state index in [1.54, 1.807) is 18.2 Å². The van der Waals surface area contributed by atoms with E-state index in [9.17, 15) is 13.2 Å². The van der Waals surface area contributed by atoms with Crippen LogP contribution in [0.1, 0.15) is 54.9 Å². The van der Waals surface area contributed by atoms with E-state index >= 15 is 0 Å². The Bertz CT molecular complexity index is 963. The summed E-state index contributed by atoms with van der Waals surface area (Å²) in [6, 6.07) is 12.0. The lowest BCUT2D eigenvalue weighted by Gasteiger charge is -2.26. The van der Waals surface area contributed by atoms with Gasteiger partial charge in [0.15, 0.2) is 0 Å². The molecule has 1 N–H and O–H groups in total. The molecule has 1 saturated heterocycles. The topological polar surface area (TPSA) is 75.7 Å². The van der Waals surface area contributed by atoms with Crippen molar-refractivity contribution in [3.8, 4) is 5.75 Å². The number of nitrogens with zero attached hydrogens (tertiary/aromatic N) is 1. The lowest BCUT2D eigenvalue weighted by atomic mass is 10.0. The summed E-state index contributed by atoms with van der Waals surface area (Å²) in [6.07, 6.45) is 2.78. The molecule has 0 atom stereocenters. The van der Waals surface area contributed by atoms with E-state index in [2.05, 4.69) is 19.2 Å². The van der Waals surface area contributed by atoms with Crippen LogP contribution in [-0.4, -0.2) is 38.8 Å². The molecule has 1 fully saturated rings. The van der Waals surface area contributed by atoms with Crippen molar-refractivity contribution in [3.05, 3.63) is 53.6 Å². The first-order chi connectivity index (χ1) is 13.8. The van der Waals surface area contributed by atoms with Gasteiger partial charge < -0.3 is 10.1 Å². The van der Waals surface area contributed by atoms with Gasteiger partial charge in [-0.1, -0.05) is 32.4 Å². The van der Waals surface area contributed by atoms with Gasteiger partial charge in [-0.3, -0.25) is 4.79 Å². The standard InChI is InChI=1S/C22H28N2O4S/c1-16(2)17-7-9-18(10-8-17)22(25)23-20-15-19(11-12-21(20)28-3)29(26,27)24-13-5-4-6-14-24/h7-12,15-16H,4-6,13-14H2,1-3H3,(H,23,25). The Kier molecular flexibility index (Phi) is 6.59. The van der Waals surface area contributed by atoms with Crippen molar-refractivity contribution < 1.29 is 17.9 Å². The second-order valence-corrected chi connectivity index (χ2v) is 9.50. The molecule has 0 spiro atoms. The minimum absolute atomic E-state index is 0.158. The number of sulfonamides is 1. The number of hydrogen-bond donors (Lipinski definition) is 1.